The first kappa shape index (κ1) is 27.0. The van der Waals surface area contributed by atoms with Gasteiger partial charge >= 0.3 is 0 Å². The zero-order chi connectivity index (χ0) is 27.9. The van der Waals surface area contributed by atoms with E-state index >= 15 is 0 Å². The summed E-state index contributed by atoms with van der Waals surface area (Å²) in [5.74, 6) is 1.76. The van der Waals surface area contributed by atoms with Crippen LogP contribution in [0.2, 0.25) is 0 Å². The van der Waals surface area contributed by atoms with Crippen LogP contribution in [0, 0.1) is 0 Å². The third kappa shape index (κ3) is 5.87. The molecule has 8 heteroatoms. The van der Waals surface area contributed by atoms with E-state index < -0.39 is 5.25 Å². The lowest BCUT2D eigenvalue weighted by Crippen LogP contribution is -2.35. The number of benzene rings is 4. The second-order valence-electron chi connectivity index (χ2n) is 9.07. The van der Waals surface area contributed by atoms with Crippen molar-refractivity contribution in [1.82, 2.24) is 20.1 Å². The van der Waals surface area contributed by atoms with E-state index in [1.54, 1.807) is 14.2 Å². The molecule has 0 aliphatic heterocycles. The first-order valence-corrected chi connectivity index (χ1v) is 13.8. The molecule has 1 atom stereocenters. The Morgan fingerprint density at radius 3 is 1.93 bits per heavy atom. The highest BCUT2D eigenvalue weighted by Gasteiger charge is 2.25. The standard InChI is InChI=1S/C32H30N4O3S/c1-22(31(37)33-29(23-13-7-4-8-14-23)24-15-9-5-10-16-24)40-32-35-34-30(36(32)26-17-11-6-12-18-26)25-19-20-27(38-2)28(21-25)39-3/h4-22,29H,1-3H3,(H,33,37)/t22-/m0/s1. The number of nitrogens with one attached hydrogen (secondary N) is 1. The summed E-state index contributed by atoms with van der Waals surface area (Å²) in [6.07, 6.45) is 0. The number of para-hydroxylation sites is 1. The maximum atomic E-state index is 13.6. The number of methoxy groups -OCH3 is 2. The predicted octanol–water partition coefficient (Wildman–Crippen LogP) is 6.34. The number of aromatic nitrogens is 3. The summed E-state index contributed by atoms with van der Waals surface area (Å²) >= 11 is 1.36. The Hall–Kier alpha value is -4.56. The molecule has 4 aromatic carbocycles. The Labute approximate surface area is 238 Å². The van der Waals surface area contributed by atoms with Gasteiger partial charge in [-0.3, -0.25) is 9.36 Å². The lowest BCUT2D eigenvalue weighted by Gasteiger charge is -2.22. The van der Waals surface area contributed by atoms with Crippen molar-refractivity contribution in [3.8, 4) is 28.6 Å². The van der Waals surface area contributed by atoms with Gasteiger partial charge in [0.05, 0.1) is 25.5 Å². The van der Waals surface area contributed by atoms with Crippen molar-refractivity contribution in [1.29, 1.82) is 0 Å². The van der Waals surface area contributed by atoms with Crippen molar-refractivity contribution in [2.24, 2.45) is 0 Å². The third-order valence-corrected chi connectivity index (χ3v) is 7.54. The number of nitrogens with zero attached hydrogens (tertiary/aromatic N) is 3. The highest BCUT2D eigenvalue weighted by Crippen LogP contribution is 2.35. The molecule has 0 aliphatic rings. The lowest BCUT2D eigenvalue weighted by atomic mass is 9.98. The zero-order valence-corrected chi connectivity index (χ0v) is 23.3. The SMILES string of the molecule is COc1ccc(-c2nnc(S[C@@H](C)C(=O)NC(c3ccccc3)c3ccccc3)n2-c2ccccc2)cc1OC. The summed E-state index contributed by atoms with van der Waals surface area (Å²) in [6.45, 7) is 1.88. The van der Waals surface area contributed by atoms with E-state index in [0.717, 1.165) is 22.4 Å². The Morgan fingerprint density at radius 1 is 0.775 bits per heavy atom. The quantitative estimate of drug-likeness (QED) is 0.205. The molecule has 0 saturated carbocycles. The van der Waals surface area contributed by atoms with Crippen LogP contribution in [0.3, 0.4) is 0 Å². The van der Waals surface area contributed by atoms with E-state index in [9.17, 15) is 4.79 Å². The number of ether oxygens (including phenoxy) is 2. The molecule has 1 heterocycles. The van der Waals surface area contributed by atoms with Crippen LogP contribution in [0.5, 0.6) is 11.5 Å². The van der Waals surface area contributed by atoms with Gasteiger partial charge in [-0.1, -0.05) is 90.6 Å². The molecule has 1 N–H and O–H groups in total. The number of rotatable bonds is 10. The molecule has 0 aliphatic carbocycles. The minimum Gasteiger partial charge on any atom is -0.493 e. The Balaban J connectivity index is 1.45. The minimum atomic E-state index is -0.445. The second kappa shape index (κ2) is 12.5. The zero-order valence-electron chi connectivity index (χ0n) is 22.5. The smallest absolute Gasteiger partial charge is 0.234 e. The van der Waals surface area contributed by atoms with Gasteiger partial charge in [-0.2, -0.15) is 0 Å². The molecule has 40 heavy (non-hydrogen) atoms. The molecule has 0 bridgehead atoms. The largest absolute Gasteiger partial charge is 0.493 e. The fraction of sp³-hybridized carbons (Fsp3) is 0.156. The summed E-state index contributed by atoms with van der Waals surface area (Å²) in [4.78, 5) is 13.6. The summed E-state index contributed by atoms with van der Waals surface area (Å²) in [6, 6.07) is 35.2. The molecule has 5 rings (SSSR count). The van der Waals surface area contributed by atoms with Gasteiger partial charge in [0.25, 0.3) is 0 Å². The van der Waals surface area contributed by atoms with Crippen molar-refractivity contribution in [2.75, 3.05) is 14.2 Å². The number of hydrogen-bond donors (Lipinski definition) is 1. The van der Waals surface area contributed by atoms with Crippen LogP contribution in [0.4, 0.5) is 0 Å². The normalized spacial score (nSPS) is 11.7. The van der Waals surface area contributed by atoms with Crippen LogP contribution in [0.15, 0.2) is 114 Å². The Bertz CT molecular complexity index is 1520. The first-order valence-electron chi connectivity index (χ1n) is 12.9. The van der Waals surface area contributed by atoms with Crippen LogP contribution in [0.1, 0.15) is 24.1 Å². The fourth-order valence-electron chi connectivity index (χ4n) is 4.44. The topological polar surface area (TPSA) is 78.3 Å². The minimum absolute atomic E-state index is 0.0991. The van der Waals surface area contributed by atoms with Crippen LogP contribution in [-0.4, -0.2) is 40.1 Å². The first-order chi connectivity index (χ1) is 19.6. The summed E-state index contributed by atoms with van der Waals surface area (Å²) in [5.41, 5.74) is 3.73. The molecule has 5 aromatic rings. The van der Waals surface area contributed by atoms with Crippen molar-refractivity contribution in [3.05, 3.63) is 120 Å². The summed E-state index contributed by atoms with van der Waals surface area (Å²) in [7, 11) is 3.20. The van der Waals surface area contributed by atoms with E-state index in [2.05, 4.69) is 15.5 Å². The Kier molecular flexibility index (Phi) is 8.47. The van der Waals surface area contributed by atoms with Crippen LogP contribution >= 0.6 is 11.8 Å². The highest BCUT2D eigenvalue weighted by atomic mass is 32.2. The van der Waals surface area contributed by atoms with Crippen molar-refractivity contribution >= 4 is 17.7 Å². The van der Waals surface area contributed by atoms with Gasteiger partial charge in [0.1, 0.15) is 0 Å². The monoisotopic (exact) mass is 550 g/mol. The molecule has 0 saturated heterocycles. The molecule has 1 aromatic heterocycles. The average Bonchev–Trinajstić information content (AvgIpc) is 3.43. The van der Waals surface area contributed by atoms with E-state index in [0.29, 0.717) is 22.5 Å². The van der Waals surface area contributed by atoms with Gasteiger partial charge in [-0.05, 0) is 48.4 Å². The van der Waals surface area contributed by atoms with Gasteiger partial charge in [-0.25, -0.2) is 0 Å². The number of carbonyl (C=O) groups is 1. The molecule has 0 radical (unpaired) electrons. The fourth-order valence-corrected chi connectivity index (χ4v) is 5.32. The number of thioether (sulfide) groups is 1. The predicted molar refractivity (Wildman–Crippen MR) is 158 cm³/mol. The second-order valence-corrected chi connectivity index (χ2v) is 10.4. The number of amides is 1. The molecular formula is C32H30N4O3S. The van der Waals surface area contributed by atoms with Gasteiger partial charge in [0.2, 0.25) is 5.91 Å². The molecule has 0 spiro atoms. The van der Waals surface area contributed by atoms with Crippen molar-refractivity contribution in [2.45, 2.75) is 23.4 Å². The summed E-state index contributed by atoms with van der Waals surface area (Å²) in [5, 5.41) is 12.4. The van der Waals surface area contributed by atoms with Gasteiger partial charge in [0, 0.05) is 11.3 Å². The number of hydrogen-bond acceptors (Lipinski definition) is 6. The van der Waals surface area contributed by atoms with E-state index in [1.807, 2.05) is 121 Å². The maximum Gasteiger partial charge on any atom is 0.234 e. The van der Waals surface area contributed by atoms with E-state index in [1.165, 1.54) is 11.8 Å². The molecular weight excluding hydrogens is 520 g/mol. The van der Waals surface area contributed by atoms with Crippen molar-refractivity contribution < 1.29 is 14.3 Å². The maximum absolute atomic E-state index is 13.6. The van der Waals surface area contributed by atoms with Crippen LogP contribution in [0.25, 0.3) is 17.1 Å². The lowest BCUT2D eigenvalue weighted by molar-refractivity contribution is -0.120. The van der Waals surface area contributed by atoms with Crippen LogP contribution in [-0.2, 0) is 4.79 Å². The number of carbonyl (C=O) groups excluding carboxylic acids is 1. The van der Waals surface area contributed by atoms with Gasteiger partial charge < -0.3 is 14.8 Å². The van der Waals surface area contributed by atoms with Gasteiger partial charge in [-0.15, -0.1) is 10.2 Å². The summed E-state index contributed by atoms with van der Waals surface area (Å²) < 4.78 is 12.9. The molecule has 0 unspecified atom stereocenters. The molecule has 1 amide bonds. The average molecular weight is 551 g/mol. The van der Waals surface area contributed by atoms with Crippen LogP contribution < -0.4 is 14.8 Å². The molecule has 202 valence electrons. The van der Waals surface area contributed by atoms with Gasteiger partial charge in [0.15, 0.2) is 22.5 Å². The van der Waals surface area contributed by atoms with Crippen molar-refractivity contribution in [3.63, 3.8) is 0 Å². The van der Waals surface area contributed by atoms with E-state index in [-0.39, 0.29) is 11.9 Å². The molecule has 7 nitrogen and oxygen atoms in total. The molecule has 0 fully saturated rings. The third-order valence-electron chi connectivity index (χ3n) is 6.49. The van der Waals surface area contributed by atoms with E-state index in [4.69, 9.17) is 9.47 Å². The Morgan fingerprint density at radius 2 is 1.35 bits per heavy atom. The highest BCUT2D eigenvalue weighted by molar-refractivity contribution is 8.00.